The number of hydrogen-bond acceptors (Lipinski definition) is 5. The lowest BCUT2D eigenvalue weighted by Crippen LogP contribution is -2.36. The molecule has 0 bridgehead atoms. The Labute approximate surface area is 179 Å². The third-order valence-electron chi connectivity index (χ3n) is 5.48. The van der Waals surface area contributed by atoms with E-state index in [1.54, 1.807) is 17.7 Å². The molecule has 8 heteroatoms. The quantitative estimate of drug-likeness (QED) is 0.420. The smallest absolute Gasteiger partial charge is 0.184 e. The minimum Gasteiger partial charge on any atom is -0.391 e. The summed E-state index contributed by atoms with van der Waals surface area (Å²) in [5.74, 6) is -0.289. The second-order valence-corrected chi connectivity index (χ2v) is 9.50. The number of imidazole rings is 1. The molecule has 0 aliphatic heterocycles. The van der Waals surface area contributed by atoms with Gasteiger partial charge >= 0.3 is 0 Å². The van der Waals surface area contributed by atoms with Gasteiger partial charge in [-0.3, -0.25) is 0 Å². The van der Waals surface area contributed by atoms with Gasteiger partial charge in [0.1, 0.15) is 11.3 Å². The molecule has 5 nitrogen and oxygen atoms in total. The number of nitrogens with zero attached hydrogens (tertiary/aromatic N) is 3. The molecule has 1 fully saturated rings. The van der Waals surface area contributed by atoms with Gasteiger partial charge in [0.15, 0.2) is 5.13 Å². The number of thiazole rings is 1. The van der Waals surface area contributed by atoms with Gasteiger partial charge in [0.25, 0.3) is 0 Å². The Kier molecular flexibility index (Phi) is 5.01. The first-order valence-corrected chi connectivity index (χ1v) is 11.3. The van der Waals surface area contributed by atoms with Gasteiger partial charge in [-0.05, 0) is 42.7 Å². The van der Waals surface area contributed by atoms with Crippen LogP contribution in [0.25, 0.3) is 21.3 Å². The van der Waals surface area contributed by atoms with Crippen molar-refractivity contribution < 1.29 is 9.50 Å². The summed E-state index contributed by atoms with van der Waals surface area (Å²) in [5, 5.41) is 14.4. The molecular weight excluding hydrogens is 455 g/mol. The number of rotatable bonds is 4. The average molecular weight is 475 g/mol. The van der Waals surface area contributed by atoms with E-state index in [9.17, 15) is 9.50 Å². The summed E-state index contributed by atoms with van der Waals surface area (Å²) in [6, 6.07) is 9.46. The first-order valence-electron chi connectivity index (χ1n) is 9.71. The molecule has 29 heavy (non-hydrogen) atoms. The van der Waals surface area contributed by atoms with E-state index in [-0.39, 0.29) is 18.0 Å². The van der Waals surface area contributed by atoms with Crippen LogP contribution in [0.5, 0.6) is 0 Å². The van der Waals surface area contributed by atoms with E-state index in [0.29, 0.717) is 22.1 Å². The second-order valence-electron chi connectivity index (χ2n) is 7.55. The van der Waals surface area contributed by atoms with Gasteiger partial charge in [0.05, 0.1) is 34.2 Å². The molecule has 2 unspecified atom stereocenters. The molecule has 1 aliphatic rings. The maximum Gasteiger partial charge on any atom is 0.184 e. The molecule has 150 valence electrons. The van der Waals surface area contributed by atoms with Crippen LogP contribution in [-0.2, 0) is 6.54 Å². The maximum atomic E-state index is 14.4. The fourth-order valence-corrected chi connectivity index (χ4v) is 5.42. The van der Waals surface area contributed by atoms with Crippen molar-refractivity contribution in [1.29, 1.82) is 0 Å². The zero-order chi connectivity index (χ0) is 20.0. The Balaban J connectivity index is 1.40. The van der Waals surface area contributed by atoms with Crippen LogP contribution in [0.2, 0.25) is 0 Å². The van der Waals surface area contributed by atoms with Gasteiger partial charge in [0.2, 0.25) is 0 Å². The lowest BCUT2D eigenvalue weighted by Gasteiger charge is -2.27. The highest BCUT2D eigenvalue weighted by atomic mass is 79.9. The van der Waals surface area contributed by atoms with E-state index in [1.807, 2.05) is 22.8 Å². The van der Waals surface area contributed by atoms with Crippen LogP contribution in [0.15, 0.2) is 41.1 Å². The van der Waals surface area contributed by atoms with Crippen LogP contribution in [-0.4, -0.2) is 31.8 Å². The second kappa shape index (κ2) is 7.66. The number of fused-ring (bicyclic) bond motifs is 2. The van der Waals surface area contributed by atoms with Crippen molar-refractivity contribution in [1.82, 2.24) is 14.5 Å². The van der Waals surface area contributed by atoms with Crippen LogP contribution in [0.3, 0.4) is 0 Å². The minimum absolute atomic E-state index is 0.0726. The molecule has 5 rings (SSSR count). The summed E-state index contributed by atoms with van der Waals surface area (Å²) in [6.45, 7) is 0.535. The first kappa shape index (κ1) is 19.0. The van der Waals surface area contributed by atoms with Gasteiger partial charge in [-0.15, -0.1) is 0 Å². The molecule has 1 saturated carbocycles. The number of halogens is 2. The van der Waals surface area contributed by atoms with Crippen LogP contribution in [0.4, 0.5) is 9.52 Å². The SMILES string of the molecule is OC1CCCCC1Nc1nc2ccc(Cn3cnc4cc(Br)cc(F)c43)cc2s1. The minimum atomic E-state index is -0.309. The number of nitrogens with one attached hydrogen (secondary N) is 1. The van der Waals surface area contributed by atoms with E-state index >= 15 is 0 Å². The largest absolute Gasteiger partial charge is 0.391 e. The Morgan fingerprint density at radius 3 is 2.93 bits per heavy atom. The molecule has 2 heterocycles. The number of aliphatic hydroxyl groups excluding tert-OH is 1. The van der Waals surface area contributed by atoms with Crippen molar-refractivity contribution in [3.05, 3.63) is 52.5 Å². The zero-order valence-electron chi connectivity index (χ0n) is 15.6. The van der Waals surface area contributed by atoms with Crippen molar-refractivity contribution in [2.75, 3.05) is 5.32 Å². The summed E-state index contributed by atoms with van der Waals surface area (Å²) in [6.07, 6.45) is 5.40. The Bertz CT molecular complexity index is 1190. The Hall–Kier alpha value is -2.03. The summed E-state index contributed by atoms with van der Waals surface area (Å²) < 4.78 is 18.0. The average Bonchev–Trinajstić information content (AvgIpc) is 3.27. The van der Waals surface area contributed by atoms with E-state index in [1.165, 1.54) is 6.07 Å². The molecule has 0 spiro atoms. The summed E-state index contributed by atoms with van der Waals surface area (Å²) in [7, 11) is 0. The van der Waals surface area contributed by atoms with Crippen LogP contribution in [0.1, 0.15) is 31.2 Å². The van der Waals surface area contributed by atoms with Crippen molar-refractivity contribution in [3.8, 4) is 0 Å². The zero-order valence-corrected chi connectivity index (χ0v) is 18.0. The number of hydrogen-bond donors (Lipinski definition) is 2. The van der Waals surface area contributed by atoms with Gasteiger partial charge in [-0.25, -0.2) is 14.4 Å². The molecule has 1 aliphatic carbocycles. The van der Waals surface area contributed by atoms with E-state index in [0.717, 1.165) is 46.6 Å². The van der Waals surface area contributed by atoms with Crippen molar-refractivity contribution in [3.63, 3.8) is 0 Å². The van der Waals surface area contributed by atoms with Gasteiger partial charge in [-0.2, -0.15) is 0 Å². The molecule has 0 saturated heterocycles. The number of aromatic nitrogens is 3. The Morgan fingerprint density at radius 2 is 2.07 bits per heavy atom. The highest BCUT2D eigenvalue weighted by Crippen LogP contribution is 2.30. The molecule has 2 atom stereocenters. The fourth-order valence-electron chi connectivity index (χ4n) is 4.01. The Morgan fingerprint density at radius 1 is 1.21 bits per heavy atom. The third-order valence-corrected chi connectivity index (χ3v) is 6.88. The fraction of sp³-hybridized carbons (Fsp3) is 0.333. The first-order chi connectivity index (χ1) is 14.1. The monoisotopic (exact) mass is 474 g/mol. The molecule has 2 N–H and O–H groups in total. The topological polar surface area (TPSA) is 63.0 Å². The summed E-state index contributed by atoms with van der Waals surface area (Å²) >= 11 is 4.90. The standard InChI is InChI=1S/C21H20BrFN4OS/c22-13-8-14(23)20-17(9-13)24-11-27(20)10-12-5-6-16-19(7-12)29-21(26-16)25-15-3-1-2-4-18(15)28/h5-9,11,15,18,28H,1-4,10H2,(H,25,26). The van der Waals surface area contributed by atoms with Crippen molar-refractivity contribution >= 4 is 53.6 Å². The molecule has 0 amide bonds. The predicted molar refractivity (Wildman–Crippen MR) is 118 cm³/mol. The number of aliphatic hydroxyl groups is 1. The van der Waals surface area contributed by atoms with Crippen molar-refractivity contribution in [2.45, 2.75) is 44.4 Å². The summed E-state index contributed by atoms with van der Waals surface area (Å²) in [5.41, 5.74) is 3.13. The van der Waals surface area contributed by atoms with Crippen LogP contribution in [0, 0.1) is 5.82 Å². The van der Waals surface area contributed by atoms with Crippen molar-refractivity contribution in [2.24, 2.45) is 0 Å². The third kappa shape index (κ3) is 3.76. The molecule has 4 aromatic rings. The van der Waals surface area contributed by atoms with E-state index in [2.05, 4.69) is 37.3 Å². The van der Waals surface area contributed by atoms with Gasteiger partial charge in [-0.1, -0.05) is 46.2 Å². The number of anilines is 1. The summed E-state index contributed by atoms with van der Waals surface area (Å²) in [4.78, 5) is 8.99. The lowest BCUT2D eigenvalue weighted by atomic mass is 9.93. The highest BCUT2D eigenvalue weighted by molar-refractivity contribution is 9.10. The van der Waals surface area contributed by atoms with E-state index in [4.69, 9.17) is 0 Å². The van der Waals surface area contributed by atoms with Gasteiger partial charge < -0.3 is 15.0 Å². The van der Waals surface area contributed by atoms with E-state index < -0.39 is 0 Å². The molecule has 0 radical (unpaired) electrons. The number of benzene rings is 2. The normalized spacial score (nSPS) is 19.8. The van der Waals surface area contributed by atoms with Crippen LogP contribution >= 0.6 is 27.3 Å². The molecule has 2 aromatic carbocycles. The highest BCUT2D eigenvalue weighted by Gasteiger charge is 2.23. The molecule has 2 aromatic heterocycles. The predicted octanol–water partition coefficient (Wildman–Crippen LogP) is 5.31. The molecular formula is C21H20BrFN4OS. The lowest BCUT2D eigenvalue weighted by molar-refractivity contribution is 0.116. The van der Waals surface area contributed by atoms with Gasteiger partial charge in [0, 0.05) is 11.0 Å². The maximum absolute atomic E-state index is 14.4. The van der Waals surface area contributed by atoms with Crippen LogP contribution < -0.4 is 5.32 Å².